The molecule has 0 saturated carbocycles. The molecule has 0 bridgehead atoms. The van der Waals surface area contributed by atoms with Gasteiger partial charge in [-0.1, -0.05) is 6.07 Å². The van der Waals surface area contributed by atoms with Crippen molar-refractivity contribution in [2.45, 2.75) is 6.54 Å². The third-order valence-corrected chi connectivity index (χ3v) is 5.04. The summed E-state index contributed by atoms with van der Waals surface area (Å²) in [6, 6.07) is 8.06. The molecule has 1 amide bonds. The van der Waals surface area contributed by atoms with Crippen LogP contribution in [0.2, 0.25) is 0 Å². The lowest BCUT2D eigenvalue weighted by atomic mass is 10.1. The maximum absolute atomic E-state index is 12.2. The summed E-state index contributed by atoms with van der Waals surface area (Å²) in [6.07, 6.45) is 8.68. The SMILES string of the molecule is Cn1cc(C(=O)NCCn2ncc(-c3ccncc3)c2-c2cccs2)cn1. The molecule has 7 nitrogen and oxygen atoms in total. The van der Waals surface area contributed by atoms with Gasteiger partial charge in [0.1, 0.15) is 0 Å². The minimum atomic E-state index is -0.137. The van der Waals surface area contributed by atoms with Crippen LogP contribution in [0.1, 0.15) is 10.4 Å². The van der Waals surface area contributed by atoms with Gasteiger partial charge in [-0.05, 0) is 29.1 Å². The molecule has 4 heterocycles. The van der Waals surface area contributed by atoms with Crippen LogP contribution in [0.5, 0.6) is 0 Å². The Bertz CT molecular complexity index is 1040. The molecule has 4 aromatic rings. The summed E-state index contributed by atoms with van der Waals surface area (Å²) in [5.74, 6) is -0.137. The topological polar surface area (TPSA) is 77.6 Å². The molecule has 0 unspecified atom stereocenters. The maximum atomic E-state index is 12.2. The number of nitrogens with zero attached hydrogens (tertiary/aromatic N) is 5. The largest absolute Gasteiger partial charge is 0.350 e. The number of hydrogen-bond acceptors (Lipinski definition) is 5. The van der Waals surface area contributed by atoms with Crippen LogP contribution in [0.4, 0.5) is 0 Å². The number of aryl methyl sites for hydroxylation is 1. The average molecular weight is 378 g/mol. The van der Waals surface area contributed by atoms with Gasteiger partial charge in [-0.25, -0.2) is 0 Å². The van der Waals surface area contributed by atoms with Crippen molar-refractivity contribution >= 4 is 17.2 Å². The van der Waals surface area contributed by atoms with Crippen LogP contribution >= 0.6 is 11.3 Å². The van der Waals surface area contributed by atoms with Crippen LogP contribution in [-0.2, 0) is 13.6 Å². The van der Waals surface area contributed by atoms with Crippen molar-refractivity contribution in [2.75, 3.05) is 6.54 Å². The number of rotatable bonds is 6. The van der Waals surface area contributed by atoms with Gasteiger partial charge in [0.15, 0.2) is 0 Å². The summed E-state index contributed by atoms with van der Waals surface area (Å²) in [7, 11) is 1.79. The van der Waals surface area contributed by atoms with E-state index < -0.39 is 0 Å². The number of hydrogen-bond donors (Lipinski definition) is 1. The number of amides is 1. The Morgan fingerprint density at radius 3 is 2.74 bits per heavy atom. The molecule has 0 atom stereocenters. The third-order valence-electron chi connectivity index (χ3n) is 4.16. The number of pyridine rings is 1. The highest BCUT2D eigenvalue weighted by Gasteiger charge is 2.16. The molecule has 27 heavy (non-hydrogen) atoms. The van der Waals surface area contributed by atoms with E-state index in [1.165, 1.54) is 0 Å². The van der Waals surface area contributed by atoms with E-state index in [0.29, 0.717) is 18.7 Å². The zero-order valence-corrected chi connectivity index (χ0v) is 15.6. The molecule has 0 spiro atoms. The second kappa shape index (κ2) is 7.55. The zero-order chi connectivity index (χ0) is 18.6. The van der Waals surface area contributed by atoms with Crippen molar-refractivity contribution < 1.29 is 4.79 Å². The summed E-state index contributed by atoms with van der Waals surface area (Å²) >= 11 is 1.67. The first kappa shape index (κ1) is 17.2. The number of carbonyl (C=O) groups excluding carboxylic acids is 1. The lowest BCUT2D eigenvalue weighted by Gasteiger charge is -2.09. The van der Waals surface area contributed by atoms with Crippen molar-refractivity contribution in [1.29, 1.82) is 0 Å². The molecule has 0 aromatic carbocycles. The van der Waals surface area contributed by atoms with Gasteiger partial charge < -0.3 is 5.32 Å². The Hall–Kier alpha value is -3.26. The van der Waals surface area contributed by atoms with Crippen LogP contribution < -0.4 is 5.32 Å². The maximum Gasteiger partial charge on any atom is 0.254 e. The first-order valence-electron chi connectivity index (χ1n) is 8.49. The normalized spacial score (nSPS) is 10.9. The minimum Gasteiger partial charge on any atom is -0.350 e. The van der Waals surface area contributed by atoms with Gasteiger partial charge in [-0.3, -0.25) is 19.1 Å². The molecule has 0 radical (unpaired) electrons. The van der Waals surface area contributed by atoms with E-state index in [0.717, 1.165) is 21.7 Å². The highest BCUT2D eigenvalue weighted by atomic mass is 32.1. The lowest BCUT2D eigenvalue weighted by Crippen LogP contribution is -2.27. The molecular weight excluding hydrogens is 360 g/mol. The summed E-state index contributed by atoms with van der Waals surface area (Å²) < 4.78 is 3.55. The number of aromatic nitrogens is 5. The molecular formula is C19H18N6OS. The van der Waals surface area contributed by atoms with Crippen LogP contribution in [0, 0.1) is 0 Å². The smallest absolute Gasteiger partial charge is 0.254 e. The van der Waals surface area contributed by atoms with Gasteiger partial charge in [-0.2, -0.15) is 10.2 Å². The van der Waals surface area contributed by atoms with Gasteiger partial charge in [0, 0.05) is 37.7 Å². The number of nitrogens with one attached hydrogen (secondary N) is 1. The van der Waals surface area contributed by atoms with E-state index in [4.69, 9.17) is 0 Å². The molecule has 4 aromatic heterocycles. The molecule has 4 rings (SSSR count). The monoisotopic (exact) mass is 378 g/mol. The van der Waals surface area contributed by atoms with Crippen molar-refractivity contribution in [3.8, 4) is 21.7 Å². The van der Waals surface area contributed by atoms with Crippen LogP contribution in [0.15, 0.2) is 60.6 Å². The van der Waals surface area contributed by atoms with E-state index in [-0.39, 0.29) is 5.91 Å². The highest BCUT2D eigenvalue weighted by Crippen LogP contribution is 2.34. The van der Waals surface area contributed by atoms with Gasteiger partial charge >= 0.3 is 0 Å². The van der Waals surface area contributed by atoms with E-state index in [2.05, 4.69) is 26.6 Å². The van der Waals surface area contributed by atoms with Crippen molar-refractivity contribution in [2.24, 2.45) is 7.05 Å². The van der Waals surface area contributed by atoms with Crippen LogP contribution in [0.25, 0.3) is 21.7 Å². The number of thiophene rings is 1. The van der Waals surface area contributed by atoms with Gasteiger partial charge in [0.25, 0.3) is 5.91 Å². The van der Waals surface area contributed by atoms with E-state index in [1.807, 2.05) is 34.5 Å². The number of carbonyl (C=O) groups is 1. The molecule has 8 heteroatoms. The fraction of sp³-hybridized carbons (Fsp3) is 0.158. The summed E-state index contributed by atoms with van der Waals surface area (Å²) in [5, 5.41) is 13.6. The molecule has 0 aliphatic heterocycles. The predicted molar refractivity (Wildman–Crippen MR) is 104 cm³/mol. The summed E-state index contributed by atoms with van der Waals surface area (Å²) in [5.41, 5.74) is 3.72. The van der Waals surface area contributed by atoms with Crippen molar-refractivity contribution in [1.82, 2.24) is 29.9 Å². The molecule has 136 valence electrons. The van der Waals surface area contributed by atoms with E-state index in [9.17, 15) is 4.79 Å². The minimum absolute atomic E-state index is 0.137. The highest BCUT2D eigenvalue weighted by molar-refractivity contribution is 7.13. The Labute approximate surface area is 160 Å². The fourth-order valence-electron chi connectivity index (χ4n) is 2.89. The van der Waals surface area contributed by atoms with Gasteiger partial charge in [-0.15, -0.1) is 11.3 Å². The zero-order valence-electron chi connectivity index (χ0n) is 14.7. The first-order chi connectivity index (χ1) is 13.2. The quantitative estimate of drug-likeness (QED) is 0.560. The Morgan fingerprint density at radius 1 is 1.19 bits per heavy atom. The first-order valence-corrected chi connectivity index (χ1v) is 9.37. The Morgan fingerprint density at radius 2 is 2.04 bits per heavy atom. The predicted octanol–water partition coefficient (Wildman–Crippen LogP) is 2.84. The van der Waals surface area contributed by atoms with Crippen LogP contribution in [0.3, 0.4) is 0 Å². The van der Waals surface area contributed by atoms with Gasteiger partial charge in [0.05, 0.1) is 35.1 Å². The lowest BCUT2D eigenvalue weighted by molar-refractivity contribution is 0.0952. The molecule has 1 N–H and O–H groups in total. The van der Waals surface area contributed by atoms with Crippen molar-refractivity contribution in [3.63, 3.8) is 0 Å². The fourth-order valence-corrected chi connectivity index (χ4v) is 3.67. The summed E-state index contributed by atoms with van der Waals surface area (Å²) in [6.45, 7) is 1.05. The van der Waals surface area contributed by atoms with E-state index >= 15 is 0 Å². The summed E-state index contributed by atoms with van der Waals surface area (Å²) in [4.78, 5) is 17.4. The molecule has 0 saturated heterocycles. The second-order valence-electron chi connectivity index (χ2n) is 6.00. The molecule has 0 fully saturated rings. The standard InChI is InChI=1S/C19H18N6OS/c1-24-13-15(11-22-24)19(26)21-8-9-25-18(17-3-2-10-27-17)16(12-23-25)14-4-6-20-7-5-14/h2-7,10-13H,8-9H2,1H3,(H,21,26). The average Bonchev–Trinajstić information content (AvgIpc) is 3.42. The molecule has 0 aliphatic carbocycles. The molecule has 0 aliphatic rings. The van der Waals surface area contributed by atoms with Crippen LogP contribution in [-0.4, -0.2) is 37.0 Å². The Balaban J connectivity index is 1.54. The Kier molecular flexibility index (Phi) is 4.80. The van der Waals surface area contributed by atoms with Crippen molar-refractivity contribution in [3.05, 3.63) is 66.2 Å². The second-order valence-corrected chi connectivity index (χ2v) is 6.95. The van der Waals surface area contributed by atoms with E-state index in [1.54, 1.807) is 47.9 Å². The third kappa shape index (κ3) is 3.65. The van der Waals surface area contributed by atoms with Gasteiger partial charge in [0.2, 0.25) is 0 Å².